The van der Waals surface area contributed by atoms with Crippen molar-refractivity contribution in [3.63, 3.8) is 0 Å². The number of carboxylic acid groups (broad SMARTS) is 1. The molecule has 0 amide bonds. The molecule has 20 heavy (non-hydrogen) atoms. The predicted molar refractivity (Wildman–Crippen MR) is 69.5 cm³/mol. The highest BCUT2D eigenvalue weighted by atomic mass is 32.2. The average molecular weight is 301 g/mol. The SMILES string of the molecule is COc1ccc(/C=N/NS(C)(=O)=O)c(C(=O)[O-])c1OC. The maximum Gasteiger partial charge on any atom is 0.244 e. The van der Waals surface area contributed by atoms with Crippen molar-refractivity contribution < 1.29 is 27.8 Å². The van der Waals surface area contributed by atoms with E-state index in [4.69, 9.17) is 9.47 Å². The second kappa shape index (κ2) is 6.24. The summed E-state index contributed by atoms with van der Waals surface area (Å²) in [7, 11) is -0.888. The minimum absolute atomic E-state index is 0.0317. The first-order chi connectivity index (χ1) is 9.30. The van der Waals surface area contributed by atoms with Crippen molar-refractivity contribution in [3.05, 3.63) is 23.3 Å². The van der Waals surface area contributed by atoms with Gasteiger partial charge in [-0.2, -0.15) is 5.10 Å². The molecule has 0 aromatic heterocycles. The normalized spacial score (nSPS) is 11.3. The third kappa shape index (κ3) is 3.85. The van der Waals surface area contributed by atoms with Gasteiger partial charge in [-0.25, -0.2) is 13.2 Å². The topological polar surface area (TPSA) is 117 Å². The monoisotopic (exact) mass is 301 g/mol. The van der Waals surface area contributed by atoms with Gasteiger partial charge < -0.3 is 19.4 Å². The molecule has 0 unspecified atom stereocenters. The van der Waals surface area contributed by atoms with E-state index in [0.717, 1.165) is 12.5 Å². The van der Waals surface area contributed by atoms with Crippen LogP contribution >= 0.6 is 0 Å². The molecule has 8 nitrogen and oxygen atoms in total. The summed E-state index contributed by atoms with van der Waals surface area (Å²) in [6.45, 7) is 0. The van der Waals surface area contributed by atoms with Crippen molar-refractivity contribution in [2.24, 2.45) is 5.10 Å². The third-order valence-electron chi connectivity index (χ3n) is 2.20. The average Bonchev–Trinajstić information content (AvgIpc) is 2.35. The number of ether oxygens (including phenoxy) is 2. The second-order valence-electron chi connectivity index (χ2n) is 3.67. The molecule has 0 bridgehead atoms. The number of hydrogen-bond acceptors (Lipinski definition) is 7. The molecule has 1 aromatic rings. The van der Waals surface area contributed by atoms with Crippen LogP contribution in [0.3, 0.4) is 0 Å². The van der Waals surface area contributed by atoms with Gasteiger partial charge in [0.15, 0.2) is 11.5 Å². The minimum Gasteiger partial charge on any atom is -0.545 e. The summed E-state index contributed by atoms with van der Waals surface area (Å²) < 4.78 is 31.7. The molecule has 0 heterocycles. The Kier molecular flexibility index (Phi) is 4.92. The van der Waals surface area contributed by atoms with E-state index >= 15 is 0 Å². The van der Waals surface area contributed by atoms with Gasteiger partial charge >= 0.3 is 0 Å². The van der Waals surface area contributed by atoms with Gasteiger partial charge in [-0.05, 0) is 12.1 Å². The molecule has 0 radical (unpaired) electrons. The summed E-state index contributed by atoms with van der Waals surface area (Å²) in [5.74, 6) is -1.32. The van der Waals surface area contributed by atoms with Crippen LogP contribution in [0, 0.1) is 0 Å². The lowest BCUT2D eigenvalue weighted by Crippen LogP contribution is -2.25. The molecule has 1 aromatic carbocycles. The van der Waals surface area contributed by atoms with Crippen LogP contribution in [-0.2, 0) is 10.0 Å². The summed E-state index contributed by atoms with van der Waals surface area (Å²) in [5, 5.41) is 14.6. The number of benzene rings is 1. The standard InChI is InChI=1S/C11H14N2O6S/c1-18-8-5-4-7(6-12-13-20(3,16)17)9(11(14)15)10(8)19-2/h4-6,13H,1-3H3,(H,14,15)/p-1/b12-6+. The Morgan fingerprint density at radius 2 is 2.00 bits per heavy atom. The Balaban J connectivity index is 3.30. The maximum absolute atomic E-state index is 11.2. The van der Waals surface area contributed by atoms with E-state index in [2.05, 4.69) is 5.10 Å². The fourth-order valence-corrected chi connectivity index (χ4v) is 1.70. The van der Waals surface area contributed by atoms with Crippen LogP contribution in [0.1, 0.15) is 15.9 Å². The Hall–Kier alpha value is -2.29. The lowest BCUT2D eigenvalue weighted by atomic mass is 10.1. The van der Waals surface area contributed by atoms with Gasteiger partial charge in [-0.15, -0.1) is 0 Å². The summed E-state index contributed by atoms with van der Waals surface area (Å²) in [4.78, 5) is 13.0. The zero-order chi connectivity index (χ0) is 15.3. The van der Waals surface area contributed by atoms with Gasteiger partial charge in [0, 0.05) is 5.56 Å². The van der Waals surface area contributed by atoms with Gasteiger partial charge in [0.2, 0.25) is 10.0 Å². The minimum atomic E-state index is -3.52. The molecule has 0 saturated heterocycles. The number of nitrogens with zero attached hydrogens (tertiary/aromatic N) is 1. The lowest BCUT2D eigenvalue weighted by molar-refractivity contribution is -0.255. The van der Waals surface area contributed by atoms with E-state index < -0.39 is 16.0 Å². The molecule has 0 fully saturated rings. The molecule has 0 atom stereocenters. The van der Waals surface area contributed by atoms with Crippen LogP contribution in [0.15, 0.2) is 17.2 Å². The van der Waals surface area contributed by atoms with Gasteiger partial charge in [0.25, 0.3) is 0 Å². The molecule has 0 aliphatic rings. The van der Waals surface area contributed by atoms with Crippen LogP contribution in [0.25, 0.3) is 0 Å². The van der Waals surface area contributed by atoms with E-state index in [9.17, 15) is 18.3 Å². The van der Waals surface area contributed by atoms with Gasteiger partial charge in [0.05, 0.1) is 38.2 Å². The molecular weight excluding hydrogens is 288 g/mol. The molecule has 1 rings (SSSR count). The number of nitrogens with one attached hydrogen (secondary N) is 1. The molecule has 0 spiro atoms. The predicted octanol–water partition coefficient (Wildman–Crippen LogP) is -1.05. The molecule has 1 N–H and O–H groups in total. The highest BCUT2D eigenvalue weighted by molar-refractivity contribution is 7.88. The summed E-state index contributed by atoms with van der Waals surface area (Å²) in [5.41, 5.74) is -0.176. The largest absolute Gasteiger partial charge is 0.545 e. The third-order valence-corrected chi connectivity index (χ3v) is 2.64. The van der Waals surface area contributed by atoms with Crippen molar-refractivity contribution in [1.82, 2.24) is 4.83 Å². The van der Waals surface area contributed by atoms with E-state index in [-0.39, 0.29) is 22.6 Å². The number of methoxy groups -OCH3 is 2. The number of carboxylic acids is 1. The van der Waals surface area contributed by atoms with E-state index in [0.29, 0.717) is 0 Å². The fraction of sp³-hybridized carbons (Fsp3) is 0.273. The Morgan fingerprint density at radius 1 is 1.35 bits per heavy atom. The number of carbonyl (C=O) groups excluding carboxylic acids is 1. The van der Waals surface area contributed by atoms with Gasteiger partial charge in [-0.1, -0.05) is 0 Å². The van der Waals surface area contributed by atoms with Gasteiger partial charge in [0.1, 0.15) is 0 Å². The molecule has 0 aliphatic carbocycles. The first-order valence-electron chi connectivity index (χ1n) is 5.26. The number of aromatic carboxylic acids is 1. The van der Waals surface area contributed by atoms with Crippen LogP contribution in [0.4, 0.5) is 0 Å². The van der Waals surface area contributed by atoms with Crippen LogP contribution in [0.5, 0.6) is 11.5 Å². The quantitative estimate of drug-likeness (QED) is 0.529. The van der Waals surface area contributed by atoms with E-state index in [1.54, 1.807) is 0 Å². The Labute approximate surface area is 116 Å². The Bertz CT molecular complexity index is 639. The van der Waals surface area contributed by atoms with Crippen molar-refractivity contribution in [1.29, 1.82) is 0 Å². The molecular formula is C11H13N2O6S-. The van der Waals surface area contributed by atoms with Crippen LogP contribution in [0.2, 0.25) is 0 Å². The number of hydrazone groups is 1. The second-order valence-corrected chi connectivity index (χ2v) is 5.40. The first-order valence-corrected chi connectivity index (χ1v) is 7.15. The maximum atomic E-state index is 11.2. The van der Waals surface area contributed by atoms with E-state index in [1.807, 2.05) is 4.83 Å². The summed E-state index contributed by atoms with van der Waals surface area (Å²) >= 11 is 0. The number of carbonyl (C=O) groups is 1. The number of rotatable bonds is 6. The van der Waals surface area contributed by atoms with Crippen molar-refractivity contribution in [3.8, 4) is 11.5 Å². The van der Waals surface area contributed by atoms with Crippen molar-refractivity contribution >= 4 is 22.2 Å². The highest BCUT2D eigenvalue weighted by Crippen LogP contribution is 2.32. The zero-order valence-electron chi connectivity index (χ0n) is 11.0. The lowest BCUT2D eigenvalue weighted by Gasteiger charge is -2.15. The fourth-order valence-electron chi connectivity index (χ4n) is 1.45. The first kappa shape index (κ1) is 15.8. The van der Waals surface area contributed by atoms with Crippen LogP contribution in [-0.4, -0.2) is 41.1 Å². The number of hydrogen-bond donors (Lipinski definition) is 1. The summed E-state index contributed by atoms with van der Waals surface area (Å²) in [6, 6.07) is 2.85. The van der Waals surface area contributed by atoms with Gasteiger partial charge in [-0.3, -0.25) is 0 Å². The zero-order valence-corrected chi connectivity index (χ0v) is 11.9. The molecule has 110 valence electrons. The molecule has 0 saturated carbocycles. The van der Waals surface area contributed by atoms with E-state index in [1.165, 1.54) is 26.4 Å². The molecule has 0 aliphatic heterocycles. The highest BCUT2D eigenvalue weighted by Gasteiger charge is 2.15. The van der Waals surface area contributed by atoms with Crippen molar-refractivity contribution in [2.45, 2.75) is 0 Å². The molecule has 9 heteroatoms. The Morgan fingerprint density at radius 3 is 2.45 bits per heavy atom. The number of sulfonamides is 1. The van der Waals surface area contributed by atoms with Crippen molar-refractivity contribution in [2.75, 3.05) is 20.5 Å². The van der Waals surface area contributed by atoms with Crippen LogP contribution < -0.4 is 19.4 Å². The smallest absolute Gasteiger partial charge is 0.244 e. The summed E-state index contributed by atoms with van der Waals surface area (Å²) in [6.07, 6.45) is 1.95.